The van der Waals surface area contributed by atoms with Gasteiger partial charge >= 0.3 is 12.1 Å². The number of rotatable bonds is 4. The molecule has 0 bridgehead atoms. The van der Waals surface area contributed by atoms with Crippen molar-refractivity contribution in [3.05, 3.63) is 29.8 Å². The van der Waals surface area contributed by atoms with E-state index in [-0.39, 0.29) is 18.8 Å². The van der Waals surface area contributed by atoms with E-state index in [1.54, 1.807) is 25.1 Å². The predicted molar refractivity (Wildman–Crippen MR) is 63.3 cm³/mol. The fraction of sp³-hybridized carbons (Fsp3) is 0.417. The van der Waals surface area contributed by atoms with E-state index in [9.17, 15) is 18.0 Å². The van der Waals surface area contributed by atoms with Crippen molar-refractivity contribution >= 4 is 11.6 Å². The maximum absolute atomic E-state index is 12.5. The summed E-state index contributed by atoms with van der Waals surface area (Å²) in [7, 11) is 0. The molecule has 100 valence electrons. The Morgan fingerprint density at radius 3 is 2.44 bits per heavy atom. The average Bonchev–Trinajstić information content (AvgIpc) is 2.30. The van der Waals surface area contributed by atoms with Crippen LogP contribution in [0.2, 0.25) is 0 Å². The first-order chi connectivity index (χ1) is 8.38. The standard InChI is InChI=1S/C12H15F3N2O/c1-9-5-2-3-6-10(9)17(8-4-7-16)11(18)12(13,14)15/h2-3,5-6H,4,7-8,16H2,1H3. The summed E-state index contributed by atoms with van der Waals surface area (Å²) in [5.41, 5.74) is 6.17. The molecule has 2 N–H and O–H groups in total. The van der Waals surface area contributed by atoms with Gasteiger partial charge in [0.15, 0.2) is 0 Å². The molecule has 0 atom stereocenters. The van der Waals surface area contributed by atoms with E-state index in [2.05, 4.69) is 0 Å². The quantitative estimate of drug-likeness (QED) is 0.902. The molecule has 0 fully saturated rings. The van der Waals surface area contributed by atoms with Gasteiger partial charge in [-0.05, 0) is 31.5 Å². The molecule has 1 aromatic carbocycles. The number of benzene rings is 1. The second-order valence-corrected chi connectivity index (χ2v) is 3.88. The molecule has 0 aliphatic heterocycles. The Morgan fingerprint density at radius 1 is 1.33 bits per heavy atom. The number of para-hydroxylation sites is 1. The van der Waals surface area contributed by atoms with Gasteiger partial charge in [-0.3, -0.25) is 4.79 Å². The molecule has 18 heavy (non-hydrogen) atoms. The normalized spacial score (nSPS) is 11.4. The van der Waals surface area contributed by atoms with Crippen LogP contribution >= 0.6 is 0 Å². The summed E-state index contributed by atoms with van der Waals surface area (Å²) in [6, 6.07) is 6.46. The van der Waals surface area contributed by atoms with Gasteiger partial charge in [-0.25, -0.2) is 0 Å². The second kappa shape index (κ2) is 5.86. The zero-order chi connectivity index (χ0) is 13.8. The van der Waals surface area contributed by atoms with Gasteiger partial charge in [0, 0.05) is 12.2 Å². The maximum Gasteiger partial charge on any atom is 0.471 e. The van der Waals surface area contributed by atoms with Crippen LogP contribution in [-0.4, -0.2) is 25.2 Å². The van der Waals surface area contributed by atoms with Crippen molar-refractivity contribution in [3.63, 3.8) is 0 Å². The summed E-state index contributed by atoms with van der Waals surface area (Å²) < 4.78 is 37.6. The number of carbonyl (C=O) groups excluding carboxylic acids is 1. The molecule has 0 aliphatic carbocycles. The summed E-state index contributed by atoms with van der Waals surface area (Å²) in [6.45, 7) is 1.85. The summed E-state index contributed by atoms with van der Waals surface area (Å²) >= 11 is 0. The molecule has 1 rings (SSSR count). The largest absolute Gasteiger partial charge is 0.471 e. The number of halogens is 3. The van der Waals surface area contributed by atoms with Crippen LogP contribution in [0.3, 0.4) is 0 Å². The number of aryl methyl sites for hydroxylation is 1. The fourth-order valence-electron chi connectivity index (χ4n) is 1.60. The van der Waals surface area contributed by atoms with Crippen LogP contribution in [0.1, 0.15) is 12.0 Å². The lowest BCUT2D eigenvalue weighted by Gasteiger charge is -2.25. The van der Waals surface area contributed by atoms with E-state index in [0.29, 0.717) is 12.0 Å². The zero-order valence-electron chi connectivity index (χ0n) is 10.00. The Bertz CT molecular complexity index is 418. The smallest absolute Gasteiger partial charge is 0.330 e. The topological polar surface area (TPSA) is 46.3 Å². The minimum absolute atomic E-state index is 0.0420. The van der Waals surface area contributed by atoms with E-state index in [4.69, 9.17) is 5.73 Å². The fourth-order valence-corrected chi connectivity index (χ4v) is 1.60. The highest BCUT2D eigenvalue weighted by Gasteiger charge is 2.43. The molecule has 0 heterocycles. The highest BCUT2D eigenvalue weighted by molar-refractivity contribution is 5.97. The third-order valence-corrected chi connectivity index (χ3v) is 2.48. The third kappa shape index (κ3) is 3.46. The first kappa shape index (κ1) is 14.5. The first-order valence-electron chi connectivity index (χ1n) is 5.52. The number of anilines is 1. The number of hydrogen-bond acceptors (Lipinski definition) is 2. The van der Waals surface area contributed by atoms with Crippen molar-refractivity contribution in [2.24, 2.45) is 5.73 Å². The molecule has 0 aliphatic rings. The number of hydrogen-bond donors (Lipinski definition) is 1. The predicted octanol–water partition coefficient (Wildman–Crippen LogP) is 2.24. The monoisotopic (exact) mass is 260 g/mol. The molecule has 0 saturated carbocycles. The summed E-state index contributed by atoms with van der Waals surface area (Å²) in [5, 5.41) is 0. The summed E-state index contributed by atoms with van der Waals surface area (Å²) in [4.78, 5) is 12.1. The van der Waals surface area contributed by atoms with Crippen LogP contribution in [-0.2, 0) is 4.79 Å². The molecule has 0 radical (unpaired) electrons. The second-order valence-electron chi connectivity index (χ2n) is 3.88. The van der Waals surface area contributed by atoms with Crippen LogP contribution in [0.5, 0.6) is 0 Å². The van der Waals surface area contributed by atoms with Crippen molar-refractivity contribution in [2.75, 3.05) is 18.0 Å². The van der Waals surface area contributed by atoms with Gasteiger partial charge in [-0.2, -0.15) is 13.2 Å². The van der Waals surface area contributed by atoms with E-state index in [1.807, 2.05) is 0 Å². The van der Waals surface area contributed by atoms with Crippen LogP contribution in [0.15, 0.2) is 24.3 Å². The molecule has 0 unspecified atom stereocenters. The van der Waals surface area contributed by atoms with Crippen molar-refractivity contribution in [1.29, 1.82) is 0 Å². The van der Waals surface area contributed by atoms with Gasteiger partial charge in [-0.15, -0.1) is 0 Å². The Labute approximate surface area is 103 Å². The van der Waals surface area contributed by atoms with Gasteiger partial charge in [0.25, 0.3) is 0 Å². The molecule has 3 nitrogen and oxygen atoms in total. The van der Waals surface area contributed by atoms with Crippen molar-refractivity contribution in [3.8, 4) is 0 Å². The van der Waals surface area contributed by atoms with Gasteiger partial charge in [0.1, 0.15) is 0 Å². The zero-order valence-corrected chi connectivity index (χ0v) is 10.00. The molecule has 6 heteroatoms. The Balaban J connectivity index is 3.06. The van der Waals surface area contributed by atoms with Gasteiger partial charge in [0.2, 0.25) is 0 Å². The Morgan fingerprint density at radius 2 is 1.94 bits per heavy atom. The highest BCUT2D eigenvalue weighted by Crippen LogP contribution is 2.26. The molecule has 0 spiro atoms. The van der Waals surface area contributed by atoms with Crippen LogP contribution in [0, 0.1) is 6.92 Å². The number of alkyl halides is 3. The van der Waals surface area contributed by atoms with E-state index in [0.717, 1.165) is 4.90 Å². The molecule has 0 saturated heterocycles. The molecule has 1 amide bonds. The number of carbonyl (C=O) groups is 1. The average molecular weight is 260 g/mol. The molecule has 1 aromatic rings. The first-order valence-corrected chi connectivity index (χ1v) is 5.52. The lowest BCUT2D eigenvalue weighted by molar-refractivity contribution is -0.170. The number of nitrogens with zero attached hydrogens (tertiary/aromatic N) is 1. The van der Waals surface area contributed by atoms with Crippen LogP contribution < -0.4 is 10.6 Å². The van der Waals surface area contributed by atoms with Gasteiger partial charge < -0.3 is 10.6 Å². The maximum atomic E-state index is 12.5. The Hall–Kier alpha value is -1.56. The molecule has 0 aromatic heterocycles. The van der Waals surface area contributed by atoms with E-state index < -0.39 is 12.1 Å². The van der Waals surface area contributed by atoms with E-state index >= 15 is 0 Å². The SMILES string of the molecule is Cc1ccccc1N(CCCN)C(=O)C(F)(F)F. The number of nitrogens with two attached hydrogens (primary N) is 1. The minimum atomic E-state index is -4.88. The van der Waals surface area contributed by atoms with Gasteiger partial charge in [-0.1, -0.05) is 18.2 Å². The molecular formula is C12H15F3N2O. The summed E-state index contributed by atoms with van der Waals surface area (Å²) in [6.07, 6.45) is -4.56. The Kier molecular flexibility index (Phi) is 4.72. The van der Waals surface area contributed by atoms with Crippen molar-refractivity contribution < 1.29 is 18.0 Å². The van der Waals surface area contributed by atoms with E-state index in [1.165, 1.54) is 6.07 Å². The summed E-state index contributed by atoms with van der Waals surface area (Å²) in [5.74, 6) is -1.86. The third-order valence-electron chi connectivity index (χ3n) is 2.48. The van der Waals surface area contributed by atoms with Gasteiger partial charge in [0.05, 0.1) is 0 Å². The lowest BCUT2D eigenvalue weighted by Crippen LogP contribution is -2.42. The highest BCUT2D eigenvalue weighted by atomic mass is 19.4. The van der Waals surface area contributed by atoms with Crippen LogP contribution in [0.4, 0.5) is 18.9 Å². The number of amides is 1. The lowest BCUT2D eigenvalue weighted by atomic mass is 10.1. The van der Waals surface area contributed by atoms with Crippen molar-refractivity contribution in [1.82, 2.24) is 0 Å². The molecular weight excluding hydrogens is 245 g/mol. The van der Waals surface area contributed by atoms with Crippen molar-refractivity contribution in [2.45, 2.75) is 19.5 Å². The van der Waals surface area contributed by atoms with Crippen LogP contribution in [0.25, 0.3) is 0 Å². The minimum Gasteiger partial charge on any atom is -0.330 e.